The summed E-state index contributed by atoms with van der Waals surface area (Å²) in [7, 11) is 0. The van der Waals surface area contributed by atoms with Crippen LogP contribution in [-0.2, 0) is 9.53 Å². The van der Waals surface area contributed by atoms with Gasteiger partial charge in [-0.2, -0.15) is 0 Å². The summed E-state index contributed by atoms with van der Waals surface area (Å²) in [5, 5.41) is 3.31. The summed E-state index contributed by atoms with van der Waals surface area (Å²) in [4.78, 5) is 11.1. The van der Waals surface area contributed by atoms with Gasteiger partial charge in [-0.3, -0.25) is 4.79 Å². The number of ether oxygens (including phenoxy) is 1. The molecule has 0 aromatic rings. The van der Waals surface area contributed by atoms with Crippen LogP contribution >= 0.6 is 0 Å². The van der Waals surface area contributed by atoms with Gasteiger partial charge in [-0.05, 0) is 19.3 Å². The van der Waals surface area contributed by atoms with Crippen molar-refractivity contribution >= 4 is 5.97 Å². The van der Waals surface area contributed by atoms with Crippen molar-refractivity contribution in [1.29, 1.82) is 0 Å². The molecule has 0 aliphatic heterocycles. The van der Waals surface area contributed by atoms with Crippen LogP contribution in [0.4, 0.5) is 0 Å². The summed E-state index contributed by atoms with van der Waals surface area (Å²) >= 11 is 0. The normalized spacial score (nSPS) is 13.8. The molecule has 1 unspecified atom stereocenters. The summed E-state index contributed by atoms with van der Waals surface area (Å²) in [6.45, 7) is 11.7. The molecule has 3 nitrogen and oxygen atoms in total. The molecule has 84 valence electrons. The van der Waals surface area contributed by atoms with Gasteiger partial charge < -0.3 is 10.1 Å². The Kier molecular flexibility index (Phi) is 5.77. The average Bonchev–Trinajstić information content (AvgIpc) is 2.00. The van der Waals surface area contributed by atoms with Crippen LogP contribution in [0.1, 0.15) is 41.0 Å². The lowest BCUT2D eigenvalue weighted by Gasteiger charge is -2.22. The summed E-state index contributed by atoms with van der Waals surface area (Å²) in [5.74, 6) is -0.124. The average molecular weight is 201 g/mol. The highest BCUT2D eigenvalue weighted by Gasteiger charge is 2.14. The van der Waals surface area contributed by atoms with Crippen molar-refractivity contribution < 1.29 is 9.53 Å². The van der Waals surface area contributed by atoms with Gasteiger partial charge >= 0.3 is 5.97 Å². The second kappa shape index (κ2) is 6.02. The van der Waals surface area contributed by atoms with Gasteiger partial charge in [0.05, 0.1) is 13.0 Å². The van der Waals surface area contributed by atoms with Gasteiger partial charge in [-0.25, -0.2) is 0 Å². The fourth-order valence-electron chi connectivity index (χ4n) is 1.02. The van der Waals surface area contributed by atoms with Crippen molar-refractivity contribution in [3.8, 4) is 0 Å². The van der Waals surface area contributed by atoms with Crippen molar-refractivity contribution in [2.45, 2.75) is 47.1 Å². The lowest BCUT2D eigenvalue weighted by molar-refractivity contribution is -0.143. The van der Waals surface area contributed by atoms with Gasteiger partial charge in [-0.1, -0.05) is 20.8 Å². The van der Waals surface area contributed by atoms with Gasteiger partial charge in [0.15, 0.2) is 0 Å². The van der Waals surface area contributed by atoms with E-state index in [1.807, 2.05) is 13.8 Å². The van der Waals surface area contributed by atoms with Crippen molar-refractivity contribution in [2.24, 2.45) is 5.41 Å². The highest BCUT2D eigenvalue weighted by atomic mass is 16.5. The molecule has 0 bridgehead atoms. The maximum atomic E-state index is 11.1. The Morgan fingerprint density at radius 3 is 2.43 bits per heavy atom. The molecule has 0 aliphatic carbocycles. The largest absolute Gasteiger partial charge is 0.466 e. The van der Waals surface area contributed by atoms with Gasteiger partial charge in [0.25, 0.3) is 0 Å². The first kappa shape index (κ1) is 13.4. The monoisotopic (exact) mass is 201 g/mol. The van der Waals surface area contributed by atoms with E-state index in [0.29, 0.717) is 13.0 Å². The molecule has 0 aromatic carbocycles. The SMILES string of the molecule is CCOC(=O)CC(C)NCC(C)(C)C. The van der Waals surface area contributed by atoms with E-state index in [1.54, 1.807) is 0 Å². The highest BCUT2D eigenvalue weighted by Crippen LogP contribution is 2.11. The zero-order valence-electron chi connectivity index (χ0n) is 10.0. The molecule has 0 aromatic heterocycles. The zero-order valence-corrected chi connectivity index (χ0v) is 10.0. The molecule has 1 N–H and O–H groups in total. The second-order valence-electron chi connectivity index (χ2n) is 4.85. The number of hydrogen-bond donors (Lipinski definition) is 1. The van der Waals surface area contributed by atoms with Crippen LogP contribution in [0.3, 0.4) is 0 Å². The lowest BCUT2D eigenvalue weighted by atomic mass is 9.96. The van der Waals surface area contributed by atoms with Crippen molar-refractivity contribution in [3.63, 3.8) is 0 Å². The Labute approximate surface area is 87.2 Å². The van der Waals surface area contributed by atoms with E-state index >= 15 is 0 Å². The molecule has 14 heavy (non-hydrogen) atoms. The van der Waals surface area contributed by atoms with E-state index in [4.69, 9.17) is 4.74 Å². The maximum absolute atomic E-state index is 11.1. The summed E-state index contributed by atoms with van der Waals surface area (Å²) in [6.07, 6.45) is 0.448. The summed E-state index contributed by atoms with van der Waals surface area (Å²) < 4.78 is 4.87. The third kappa shape index (κ3) is 8.05. The van der Waals surface area contributed by atoms with E-state index in [-0.39, 0.29) is 17.4 Å². The molecule has 1 atom stereocenters. The van der Waals surface area contributed by atoms with Crippen LogP contribution in [0.15, 0.2) is 0 Å². The Hall–Kier alpha value is -0.570. The first-order valence-corrected chi connectivity index (χ1v) is 5.24. The lowest BCUT2D eigenvalue weighted by Crippen LogP contribution is -2.35. The standard InChI is InChI=1S/C11H23NO2/c1-6-14-10(13)7-9(2)12-8-11(3,4)5/h9,12H,6-8H2,1-5H3. The number of esters is 1. The molecular formula is C11H23NO2. The predicted octanol–water partition coefficient (Wildman–Crippen LogP) is 1.96. The van der Waals surface area contributed by atoms with Crippen LogP contribution in [-0.4, -0.2) is 25.2 Å². The van der Waals surface area contributed by atoms with Crippen molar-refractivity contribution in [1.82, 2.24) is 5.32 Å². The number of hydrogen-bond acceptors (Lipinski definition) is 3. The first-order valence-electron chi connectivity index (χ1n) is 5.24. The quantitative estimate of drug-likeness (QED) is 0.691. The third-order valence-corrected chi connectivity index (χ3v) is 1.76. The van der Waals surface area contributed by atoms with Gasteiger partial charge in [0.2, 0.25) is 0 Å². The number of carbonyl (C=O) groups is 1. The molecule has 0 amide bonds. The summed E-state index contributed by atoms with van der Waals surface area (Å²) in [5.41, 5.74) is 0.253. The van der Waals surface area contributed by atoms with E-state index in [1.165, 1.54) is 0 Å². The molecule has 0 rings (SSSR count). The van der Waals surface area contributed by atoms with E-state index < -0.39 is 0 Å². The molecule has 0 fully saturated rings. The van der Waals surface area contributed by atoms with E-state index in [0.717, 1.165) is 6.54 Å². The molecule has 0 saturated heterocycles. The Bertz CT molecular complexity index is 173. The number of carbonyl (C=O) groups excluding carboxylic acids is 1. The first-order chi connectivity index (χ1) is 6.35. The molecule has 0 radical (unpaired) electrons. The van der Waals surface area contributed by atoms with Gasteiger partial charge in [-0.15, -0.1) is 0 Å². The zero-order chi connectivity index (χ0) is 11.2. The molecule has 3 heteroatoms. The minimum Gasteiger partial charge on any atom is -0.466 e. The fourth-order valence-corrected chi connectivity index (χ4v) is 1.02. The van der Waals surface area contributed by atoms with Gasteiger partial charge in [0, 0.05) is 12.6 Å². The minimum absolute atomic E-state index is 0.124. The van der Waals surface area contributed by atoms with E-state index in [9.17, 15) is 4.79 Å². The van der Waals surface area contributed by atoms with Crippen LogP contribution in [0.2, 0.25) is 0 Å². The minimum atomic E-state index is -0.124. The van der Waals surface area contributed by atoms with Crippen molar-refractivity contribution in [2.75, 3.05) is 13.2 Å². The Morgan fingerprint density at radius 2 is 2.00 bits per heavy atom. The van der Waals surface area contributed by atoms with Crippen LogP contribution < -0.4 is 5.32 Å². The smallest absolute Gasteiger partial charge is 0.307 e. The fraction of sp³-hybridized carbons (Fsp3) is 0.909. The molecule has 0 spiro atoms. The van der Waals surface area contributed by atoms with E-state index in [2.05, 4.69) is 26.1 Å². The van der Waals surface area contributed by atoms with Crippen LogP contribution in [0.25, 0.3) is 0 Å². The van der Waals surface area contributed by atoms with Crippen LogP contribution in [0.5, 0.6) is 0 Å². The maximum Gasteiger partial charge on any atom is 0.307 e. The molecular weight excluding hydrogens is 178 g/mol. The number of rotatable bonds is 5. The second-order valence-corrected chi connectivity index (χ2v) is 4.85. The predicted molar refractivity (Wildman–Crippen MR) is 58.2 cm³/mol. The van der Waals surface area contributed by atoms with Crippen LogP contribution in [0, 0.1) is 5.41 Å². The third-order valence-electron chi connectivity index (χ3n) is 1.76. The molecule has 0 aliphatic rings. The number of nitrogens with one attached hydrogen (secondary N) is 1. The van der Waals surface area contributed by atoms with Crippen molar-refractivity contribution in [3.05, 3.63) is 0 Å². The topological polar surface area (TPSA) is 38.3 Å². The van der Waals surface area contributed by atoms with Gasteiger partial charge in [0.1, 0.15) is 0 Å². The Balaban J connectivity index is 3.65. The Morgan fingerprint density at radius 1 is 1.43 bits per heavy atom. The molecule has 0 heterocycles. The highest BCUT2D eigenvalue weighted by molar-refractivity contribution is 5.69. The molecule has 0 saturated carbocycles. The summed E-state index contributed by atoms with van der Waals surface area (Å²) in [6, 6.07) is 0.188.